The van der Waals surface area contributed by atoms with Crippen LogP contribution in [-0.4, -0.2) is 33.9 Å². The molecule has 4 heteroatoms. The van der Waals surface area contributed by atoms with Crippen LogP contribution < -0.4 is 14.8 Å². The molecule has 1 aromatic carbocycles. The van der Waals surface area contributed by atoms with Gasteiger partial charge in [0.1, 0.15) is 11.5 Å². The van der Waals surface area contributed by atoms with Crippen LogP contribution >= 0.6 is 0 Å². The quantitative estimate of drug-likeness (QED) is 0.810. The lowest BCUT2D eigenvalue weighted by molar-refractivity contribution is 0.00692. The summed E-state index contributed by atoms with van der Waals surface area (Å²) in [5, 5.41) is 3.14. The minimum Gasteiger partial charge on any atom is -0.497 e. The van der Waals surface area contributed by atoms with E-state index >= 15 is 0 Å². The Hall–Kier alpha value is -1.26. The molecular weight excluding hydrogens is 230 g/mol. The molecule has 4 nitrogen and oxygen atoms in total. The molecule has 0 fully saturated rings. The molecule has 0 aliphatic carbocycles. The Morgan fingerprint density at radius 2 is 1.89 bits per heavy atom. The van der Waals surface area contributed by atoms with Gasteiger partial charge >= 0.3 is 0 Å². The molecule has 0 saturated carbocycles. The Balaban J connectivity index is 3.02. The van der Waals surface area contributed by atoms with E-state index in [1.54, 1.807) is 14.2 Å². The smallest absolute Gasteiger partial charge is 0.128 e. The van der Waals surface area contributed by atoms with Crippen LogP contribution in [-0.2, 0) is 4.74 Å². The van der Waals surface area contributed by atoms with Crippen LogP contribution in [0.5, 0.6) is 11.5 Å². The predicted octanol–water partition coefficient (Wildman–Crippen LogP) is 2.39. The highest BCUT2D eigenvalue weighted by molar-refractivity contribution is 5.42. The fourth-order valence-corrected chi connectivity index (χ4v) is 1.83. The van der Waals surface area contributed by atoms with E-state index in [1.807, 2.05) is 39.1 Å². The summed E-state index contributed by atoms with van der Waals surface area (Å²) in [6.45, 7) is 4.79. The second kappa shape index (κ2) is 7.24. The van der Waals surface area contributed by atoms with E-state index in [4.69, 9.17) is 14.2 Å². The topological polar surface area (TPSA) is 39.7 Å². The summed E-state index contributed by atoms with van der Waals surface area (Å²) < 4.78 is 16.5. The Morgan fingerprint density at radius 3 is 2.39 bits per heavy atom. The van der Waals surface area contributed by atoms with Crippen molar-refractivity contribution in [1.29, 1.82) is 0 Å². The third-order valence-electron chi connectivity index (χ3n) is 2.61. The maximum atomic E-state index is 5.91. The van der Waals surface area contributed by atoms with Crippen molar-refractivity contribution in [2.24, 2.45) is 0 Å². The number of benzene rings is 1. The SMILES string of the molecule is CNC[C@@H](OC(C)C)c1ccc(OC)cc1OC. The summed E-state index contributed by atoms with van der Waals surface area (Å²) >= 11 is 0. The molecule has 1 atom stereocenters. The zero-order chi connectivity index (χ0) is 13.5. The van der Waals surface area contributed by atoms with E-state index in [2.05, 4.69) is 5.32 Å². The molecule has 0 bridgehead atoms. The van der Waals surface area contributed by atoms with Gasteiger partial charge in [-0.3, -0.25) is 0 Å². The van der Waals surface area contributed by atoms with Gasteiger partial charge in [0.15, 0.2) is 0 Å². The van der Waals surface area contributed by atoms with Gasteiger partial charge in [0.05, 0.1) is 26.4 Å². The molecule has 18 heavy (non-hydrogen) atoms. The summed E-state index contributed by atoms with van der Waals surface area (Å²) in [4.78, 5) is 0. The van der Waals surface area contributed by atoms with Gasteiger partial charge < -0.3 is 19.5 Å². The van der Waals surface area contributed by atoms with Crippen molar-refractivity contribution in [3.8, 4) is 11.5 Å². The number of ether oxygens (including phenoxy) is 3. The fraction of sp³-hybridized carbons (Fsp3) is 0.571. The van der Waals surface area contributed by atoms with E-state index in [0.717, 1.165) is 23.6 Å². The molecule has 1 N–H and O–H groups in total. The highest BCUT2D eigenvalue weighted by Crippen LogP contribution is 2.31. The van der Waals surface area contributed by atoms with E-state index in [9.17, 15) is 0 Å². The Morgan fingerprint density at radius 1 is 1.17 bits per heavy atom. The summed E-state index contributed by atoms with van der Waals surface area (Å²) in [7, 11) is 5.21. The Bertz CT molecular complexity index is 366. The molecule has 1 rings (SSSR count). The van der Waals surface area contributed by atoms with E-state index in [-0.39, 0.29) is 12.2 Å². The molecule has 0 heterocycles. The van der Waals surface area contributed by atoms with Crippen LogP contribution in [0, 0.1) is 0 Å². The molecule has 0 radical (unpaired) electrons. The van der Waals surface area contributed by atoms with Crippen LogP contribution in [0.4, 0.5) is 0 Å². The van der Waals surface area contributed by atoms with Crippen molar-refractivity contribution in [2.75, 3.05) is 27.8 Å². The fourth-order valence-electron chi connectivity index (χ4n) is 1.83. The molecular formula is C14H23NO3. The maximum absolute atomic E-state index is 5.91. The monoisotopic (exact) mass is 253 g/mol. The van der Waals surface area contributed by atoms with Crippen molar-refractivity contribution in [2.45, 2.75) is 26.1 Å². The minimum absolute atomic E-state index is 0.0316. The number of hydrogen-bond donors (Lipinski definition) is 1. The van der Waals surface area contributed by atoms with Gasteiger partial charge in [-0.1, -0.05) is 0 Å². The second-order valence-electron chi connectivity index (χ2n) is 4.34. The average Bonchev–Trinajstić information content (AvgIpc) is 2.37. The van der Waals surface area contributed by atoms with Gasteiger partial charge in [0.2, 0.25) is 0 Å². The van der Waals surface area contributed by atoms with Crippen LogP contribution in [0.2, 0.25) is 0 Å². The summed E-state index contributed by atoms with van der Waals surface area (Å²) in [5.41, 5.74) is 1.03. The molecule has 0 saturated heterocycles. The molecule has 0 amide bonds. The average molecular weight is 253 g/mol. The lowest BCUT2D eigenvalue weighted by Gasteiger charge is -2.22. The standard InChI is InChI=1S/C14H23NO3/c1-10(2)18-14(9-15-3)12-7-6-11(16-4)8-13(12)17-5/h6-8,10,14-15H,9H2,1-5H3/t14-/m1/s1. The Kier molecular flexibility index (Phi) is 5.95. The highest BCUT2D eigenvalue weighted by atomic mass is 16.5. The number of hydrogen-bond acceptors (Lipinski definition) is 4. The first kappa shape index (κ1) is 14.8. The second-order valence-corrected chi connectivity index (χ2v) is 4.34. The molecule has 1 aromatic rings. The van der Waals surface area contributed by atoms with Gasteiger partial charge in [-0.25, -0.2) is 0 Å². The first-order chi connectivity index (χ1) is 8.62. The van der Waals surface area contributed by atoms with Gasteiger partial charge in [0, 0.05) is 18.2 Å². The number of rotatable bonds is 7. The summed E-state index contributed by atoms with van der Waals surface area (Å²) in [5.74, 6) is 1.57. The normalized spacial score (nSPS) is 12.6. The number of methoxy groups -OCH3 is 2. The molecule has 0 spiro atoms. The summed E-state index contributed by atoms with van der Waals surface area (Å²) in [6.07, 6.45) is 0.131. The highest BCUT2D eigenvalue weighted by Gasteiger charge is 2.18. The van der Waals surface area contributed by atoms with Crippen LogP contribution in [0.15, 0.2) is 18.2 Å². The van der Waals surface area contributed by atoms with Gasteiger partial charge in [0.25, 0.3) is 0 Å². The van der Waals surface area contributed by atoms with E-state index in [0.29, 0.717) is 0 Å². The number of likely N-dealkylation sites (N-methyl/N-ethyl adjacent to an activating group) is 1. The first-order valence-electron chi connectivity index (χ1n) is 6.14. The lowest BCUT2D eigenvalue weighted by atomic mass is 10.1. The van der Waals surface area contributed by atoms with Gasteiger partial charge in [-0.15, -0.1) is 0 Å². The van der Waals surface area contributed by atoms with Crippen molar-refractivity contribution < 1.29 is 14.2 Å². The zero-order valence-corrected chi connectivity index (χ0v) is 11.8. The molecule has 0 unspecified atom stereocenters. The van der Waals surface area contributed by atoms with Crippen molar-refractivity contribution in [3.05, 3.63) is 23.8 Å². The first-order valence-corrected chi connectivity index (χ1v) is 6.14. The lowest BCUT2D eigenvalue weighted by Crippen LogP contribution is -2.22. The van der Waals surface area contributed by atoms with E-state index in [1.165, 1.54) is 0 Å². The maximum Gasteiger partial charge on any atom is 0.128 e. The number of nitrogens with one attached hydrogen (secondary N) is 1. The van der Waals surface area contributed by atoms with Gasteiger partial charge in [-0.2, -0.15) is 0 Å². The Labute approximate surface area is 109 Å². The van der Waals surface area contributed by atoms with Crippen molar-refractivity contribution in [1.82, 2.24) is 5.32 Å². The zero-order valence-electron chi connectivity index (χ0n) is 11.8. The van der Waals surface area contributed by atoms with Crippen LogP contribution in [0.25, 0.3) is 0 Å². The van der Waals surface area contributed by atoms with Crippen molar-refractivity contribution >= 4 is 0 Å². The van der Waals surface area contributed by atoms with Crippen LogP contribution in [0.1, 0.15) is 25.5 Å². The minimum atomic E-state index is -0.0316. The third-order valence-corrected chi connectivity index (χ3v) is 2.61. The van der Waals surface area contributed by atoms with Crippen LogP contribution in [0.3, 0.4) is 0 Å². The third kappa shape index (κ3) is 3.89. The van der Waals surface area contributed by atoms with Crippen molar-refractivity contribution in [3.63, 3.8) is 0 Å². The predicted molar refractivity (Wildman–Crippen MR) is 72.4 cm³/mol. The molecule has 0 aliphatic rings. The molecule has 0 aliphatic heterocycles. The summed E-state index contributed by atoms with van der Waals surface area (Å²) in [6, 6.07) is 5.79. The van der Waals surface area contributed by atoms with E-state index < -0.39 is 0 Å². The molecule has 102 valence electrons. The molecule has 0 aromatic heterocycles. The largest absolute Gasteiger partial charge is 0.497 e. The van der Waals surface area contributed by atoms with Gasteiger partial charge in [-0.05, 0) is 33.0 Å².